The zero-order valence-electron chi connectivity index (χ0n) is 10.1. The van der Waals surface area contributed by atoms with Crippen LogP contribution >= 0.6 is 31.9 Å². The van der Waals surface area contributed by atoms with Crippen LogP contribution in [0.1, 0.15) is 5.56 Å². The zero-order valence-corrected chi connectivity index (χ0v) is 13.3. The third kappa shape index (κ3) is 3.70. The van der Waals surface area contributed by atoms with Crippen molar-refractivity contribution in [3.8, 4) is 11.5 Å². The van der Waals surface area contributed by atoms with Crippen LogP contribution in [0, 0.1) is 5.82 Å². The smallest absolute Gasteiger partial charge is 0.136 e. The summed E-state index contributed by atoms with van der Waals surface area (Å²) in [6.07, 6.45) is 0. The predicted molar refractivity (Wildman–Crippen MR) is 79.1 cm³/mol. The molecule has 2 aromatic rings. The zero-order chi connectivity index (χ0) is 13.8. The fraction of sp³-hybridized carbons (Fsp3) is 0.143. The Labute approximate surface area is 127 Å². The Morgan fingerprint density at radius 3 is 2.47 bits per heavy atom. The molecule has 0 radical (unpaired) electrons. The summed E-state index contributed by atoms with van der Waals surface area (Å²) in [7, 11) is 1.61. The molecule has 0 bridgehead atoms. The average Bonchev–Trinajstić information content (AvgIpc) is 2.40. The summed E-state index contributed by atoms with van der Waals surface area (Å²) in [5, 5.41) is 0. The molecule has 0 fully saturated rings. The highest BCUT2D eigenvalue weighted by atomic mass is 79.9. The van der Waals surface area contributed by atoms with E-state index in [1.165, 1.54) is 12.1 Å². The summed E-state index contributed by atoms with van der Waals surface area (Å²) < 4.78 is 25.4. The number of ether oxygens (including phenoxy) is 2. The van der Waals surface area contributed by atoms with E-state index in [1.54, 1.807) is 13.2 Å². The van der Waals surface area contributed by atoms with Crippen LogP contribution in [0.3, 0.4) is 0 Å². The highest BCUT2D eigenvalue weighted by Gasteiger charge is 2.05. The first-order valence-corrected chi connectivity index (χ1v) is 7.09. The molecule has 0 N–H and O–H groups in total. The van der Waals surface area contributed by atoms with Gasteiger partial charge in [0.05, 0.1) is 16.1 Å². The molecule has 2 aromatic carbocycles. The molecule has 100 valence electrons. The van der Waals surface area contributed by atoms with E-state index in [-0.39, 0.29) is 5.82 Å². The molecule has 0 aliphatic rings. The van der Waals surface area contributed by atoms with Gasteiger partial charge in [0.25, 0.3) is 0 Å². The molecule has 0 saturated heterocycles. The second kappa shape index (κ2) is 6.39. The molecule has 0 aliphatic carbocycles. The number of methoxy groups -OCH3 is 1. The molecule has 2 rings (SSSR count). The standard InChI is InChI=1S/C14H11Br2FO2/c1-18-13-5-2-9(6-12(13)16)8-19-14-7-10(17)3-4-11(14)15/h2-7H,8H2,1H3. The second-order valence-corrected chi connectivity index (χ2v) is 5.54. The van der Waals surface area contributed by atoms with Crippen LogP contribution in [0.2, 0.25) is 0 Å². The lowest BCUT2D eigenvalue weighted by Gasteiger charge is -2.10. The minimum Gasteiger partial charge on any atom is -0.496 e. The van der Waals surface area contributed by atoms with Gasteiger partial charge in [-0.3, -0.25) is 0 Å². The molecule has 0 spiro atoms. The third-order valence-corrected chi connectivity index (χ3v) is 3.78. The predicted octanol–water partition coefficient (Wildman–Crippen LogP) is 4.94. The van der Waals surface area contributed by atoms with E-state index in [0.29, 0.717) is 12.4 Å². The molecule has 0 amide bonds. The molecule has 2 nitrogen and oxygen atoms in total. The van der Waals surface area contributed by atoms with Crippen LogP contribution in [0.25, 0.3) is 0 Å². The van der Waals surface area contributed by atoms with Crippen LogP contribution in [0.15, 0.2) is 45.3 Å². The van der Waals surface area contributed by atoms with Gasteiger partial charge in [0.1, 0.15) is 23.9 Å². The maximum atomic E-state index is 13.1. The van der Waals surface area contributed by atoms with Gasteiger partial charge >= 0.3 is 0 Å². The Bertz CT molecular complexity index is 588. The van der Waals surface area contributed by atoms with E-state index >= 15 is 0 Å². The van der Waals surface area contributed by atoms with Crippen molar-refractivity contribution >= 4 is 31.9 Å². The van der Waals surface area contributed by atoms with Gasteiger partial charge in [-0.25, -0.2) is 4.39 Å². The van der Waals surface area contributed by atoms with Gasteiger partial charge in [0.2, 0.25) is 0 Å². The van der Waals surface area contributed by atoms with Gasteiger partial charge in [-0.05, 0) is 61.7 Å². The Morgan fingerprint density at radius 2 is 1.79 bits per heavy atom. The summed E-state index contributed by atoms with van der Waals surface area (Å²) >= 11 is 6.73. The Balaban J connectivity index is 2.10. The van der Waals surface area contributed by atoms with Crippen molar-refractivity contribution in [2.24, 2.45) is 0 Å². The number of rotatable bonds is 4. The van der Waals surface area contributed by atoms with E-state index in [1.807, 2.05) is 18.2 Å². The SMILES string of the molecule is COc1ccc(COc2cc(F)ccc2Br)cc1Br. The van der Waals surface area contributed by atoms with Crippen molar-refractivity contribution in [3.63, 3.8) is 0 Å². The largest absolute Gasteiger partial charge is 0.496 e. The highest BCUT2D eigenvalue weighted by Crippen LogP contribution is 2.28. The maximum absolute atomic E-state index is 13.1. The number of hydrogen-bond donors (Lipinski definition) is 0. The van der Waals surface area contributed by atoms with Gasteiger partial charge in [-0.15, -0.1) is 0 Å². The lowest BCUT2D eigenvalue weighted by Crippen LogP contribution is -1.97. The van der Waals surface area contributed by atoms with Crippen LogP contribution in [-0.2, 0) is 6.61 Å². The fourth-order valence-corrected chi connectivity index (χ4v) is 2.50. The van der Waals surface area contributed by atoms with Crippen LogP contribution in [0.5, 0.6) is 11.5 Å². The van der Waals surface area contributed by atoms with E-state index in [0.717, 1.165) is 20.3 Å². The lowest BCUT2D eigenvalue weighted by atomic mass is 10.2. The molecule has 0 atom stereocenters. The molecular weight excluding hydrogens is 379 g/mol. The quantitative estimate of drug-likeness (QED) is 0.737. The summed E-state index contributed by atoms with van der Waals surface area (Å²) in [6.45, 7) is 0.352. The Kier molecular flexibility index (Phi) is 4.82. The van der Waals surface area contributed by atoms with Gasteiger partial charge in [-0.1, -0.05) is 6.07 Å². The minimum atomic E-state index is -0.325. The van der Waals surface area contributed by atoms with Gasteiger partial charge < -0.3 is 9.47 Å². The van der Waals surface area contributed by atoms with Crippen molar-refractivity contribution in [1.29, 1.82) is 0 Å². The summed E-state index contributed by atoms with van der Waals surface area (Å²) in [6, 6.07) is 10.0. The molecule has 0 heterocycles. The first-order valence-electron chi connectivity index (χ1n) is 5.50. The minimum absolute atomic E-state index is 0.325. The first-order chi connectivity index (χ1) is 9.10. The van der Waals surface area contributed by atoms with Gasteiger partial charge in [-0.2, -0.15) is 0 Å². The average molecular weight is 390 g/mol. The van der Waals surface area contributed by atoms with Crippen LogP contribution in [-0.4, -0.2) is 7.11 Å². The molecule has 5 heteroatoms. The molecule has 0 aliphatic heterocycles. The van der Waals surface area contributed by atoms with Crippen LogP contribution < -0.4 is 9.47 Å². The van der Waals surface area contributed by atoms with Crippen molar-refractivity contribution < 1.29 is 13.9 Å². The topological polar surface area (TPSA) is 18.5 Å². The Hall–Kier alpha value is -1.07. The first kappa shape index (κ1) is 14.3. The second-order valence-electron chi connectivity index (χ2n) is 3.83. The molecule has 0 saturated carbocycles. The van der Waals surface area contributed by atoms with Crippen molar-refractivity contribution in [3.05, 3.63) is 56.7 Å². The van der Waals surface area contributed by atoms with Crippen LogP contribution in [0.4, 0.5) is 4.39 Å². The maximum Gasteiger partial charge on any atom is 0.136 e. The molecule has 19 heavy (non-hydrogen) atoms. The number of hydrogen-bond acceptors (Lipinski definition) is 2. The molecule has 0 aromatic heterocycles. The number of benzene rings is 2. The monoisotopic (exact) mass is 388 g/mol. The fourth-order valence-electron chi connectivity index (χ4n) is 1.55. The van der Waals surface area contributed by atoms with E-state index < -0.39 is 0 Å². The summed E-state index contributed by atoms with van der Waals surface area (Å²) in [4.78, 5) is 0. The molecular formula is C14H11Br2FO2. The third-order valence-electron chi connectivity index (χ3n) is 2.50. The van der Waals surface area contributed by atoms with Crippen molar-refractivity contribution in [2.45, 2.75) is 6.61 Å². The summed E-state index contributed by atoms with van der Waals surface area (Å²) in [5.74, 6) is 0.914. The lowest BCUT2D eigenvalue weighted by molar-refractivity contribution is 0.302. The Morgan fingerprint density at radius 1 is 1.00 bits per heavy atom. The van der Waals surface area contributed by atoms with Crippen molar-refractivity contribution in [2.75, 3.05) is 7.11 Å². The van der Waals surface area contributed by atoms with E-state index in [9.17, 15) is 4.39 Å². The normalized spacial score (nSPS) is 10.3. The highest BCUT2D eigenvalue weighted by molar-refractivity contribution is 9.10. The van der Waals surface area contributed by atoms with E-state index in [2.05, 4.69) is 31.9 Å². The van der Waals surface area contributed by atoms with E-state index in [4.69, 9.17) is 9.47 Å². The van der Waals surface area contributed by atoms with Gasteiger partial charge in [0.15, 0.2) is 0 Å². The van der Waals surface area contributed by atoms with Gasteiger partial charge in [0, 0.05) is 6.07 Å². The van der Waals surface area contributed by atoms with Crippen molar-refractivity contribution in [1.82, 2.24) is 0 Å². The summed E-state index contributed by atoms with van der Waals surface area (Å²) in [5.41, 5.74) is 0.962. The molecule has 0 unspecified atom stereocenters. The number of halogens is 3.